The SMILES string of the molecule is COc1ccc2c(c1)C(=O)N(c1ccc3nc(OC)ncc3c1)C2. The van der Waals surface area contributed by atoms with Crippen molar-refractivity contribution in [3.05, 3.63) is 53.7 Å². The lowest BCUT2D eigenvalue weighted by Crippen LogP contribution is -2.22. The van der Waals surface area contributed by atoms with Crippen LogP contribution in [-0.2, 0) is 6.54 Å². The zero-order chi connectivity index (χ0) is 16.7. The van der Waals surface area contributed by atoms with Crippen molar-refractivity contribution in [1.82, 2.24) is 9.97 Å². The summed E-state index contributed by atoms with van der Waals surface area (Å²) >= 11 is 0. The van der Waals surface area contributed by atoms with E-state index in [2.05, 4.69) is 9.97 Å². The first kappa shape index (κ1) is 14.4. The number of anilines is 1. The Bertz CT molecular complexity index is 955. The molecule has 6 nitrogen and oxygen atoms in total. The summed E-state index contributed by atoms with van der Waals surface area (Å²) in [6, 6.07) is 11.6. The van der Waals surface area contributed by atoms with Gasteiger partial charge in [-0.3, -0.25) is 4.79 Å². The topological polar surface area (TPSA) is 64.5 Å². The van der Waals surface area contributed by atoms with Crippen molar-refractivity contribution in [2.24, 2.45) is 0 Å². The average molecular weight is 321 g/mol. The van der Waals surface area contributed by atoms with Crippen LogP contribution in [0.4, 0.5) is 5.69 Å². The molecule has 0 unspecified atom stereocenters. The summed E-state index contributed by atoms with van der Waals surface area (Å²) in [6.45, 7) is 0.542. The molecule has 0 atom stereocenters. The fraction of sp³-hybridized carbons (Fsp3) is 0.167. The molecule has 6 heteroatoms. The Morgan fingerprint density at radius 2 is 1.96 bits per heavy atom. The standard InChI is InChI=1S/C18H15N3O3/c1-23-14-5-3-11-10-21(17(22)15(11)8-14)13-4-6-16-12(7-13)9-19-18(20-16)24-2/h3-9H,10H2,1-2H3. The van der Waals surface area contributed by atoms with E-state index in [1.54, 1.807) is 24.3 Å². The van der Waals surface area contributed by atoms with E-state index in [9.17, 15) is 4.79 Å². The van der Waals surface area contributed by atoms with E-state index in [1.807, 2.05) is 30.3 Å². The van der Waals surface area contributed by atoms with Gasteiger partial charge in [0.05, 0.1) is 26.3 Å². The highest BCUT2D eigenvalue weighted by Crippen LogP contribution is 2.32. The highest BCUT2D eigenvalue weighted by Gasteiger charge is 2.29. The first-order chi connectivity index (χ1) is 11.7. The second-order valence-electron chi connectivity index (χ2n) is 5.51. The van der Waals surface area contributed by atoms with E-state index < -0.39 is 0 Å². The molecule has 0 N–H and O–H groups in total. The fourth-order valence-electron chi connectivity index (χ4n) is 2.89. The zero-order valence-corrected chi connectivity index (χ0v) is 13.3. The largest absolute Gasteiger partial charge is 0.497 e. The Kier molecular flexibility index (Phi) is 3.30. The Morgan fingerprint density at radius 3 is 2.75 bits per heavy atom. The predicted octanol–water partition coefficient (Wildman–Crippen LogP) is 2.81. The van der Waals surface area contributed by atoms with Crippen molar-refractivity contribution < 1.29 is 14.3 Å². The number of nitrogens with zero attached hydrogens (tertiary/aromatic N) is 3. The molecule has 24 heavy (non-hydrogen) atoms. The first-order valence-electron chi connectivity index (χ1n) is 7.49. The van der Waals surface area contributed by atoms with Gasteiger partial charge in [0.15, 0.2) is 0 Å². The maximum atomic E-state index is 12.7. The number of rotatable bonds is 3. The van der Waals surface area contributed by atoms with Gasteiger partial charge in [-0.05, 0) is 35.9 Å². The molecule has 0 saturated carbocycles. The van der Waals surface area contributed by atoms with Crippen LogP contribution in [0.1, 0.15) is 15.9 Å². The van der Waals surface area contributed by atoms with Gasteiger partial charge < -0.3 is 14.4 Å². The third-order valence-corrected chi connectivity index (χ3v) is 4.16. The van der Waals surface area contributed by atoms with E-state index in [0.29, 0.717) is 23.9 Å². The molecule has 0 saturated heterocycles. The Balaban J connectivity index is 1.72. The van der Waals surface area contributed by atoms with Crippen LogP contribution in [0, 0.1) is 0 Å². The quantitative estimate of drug-likeness (QED) is 0.742. The van der Waals surface area contributed by atoms with E-state index in [4.69, 9.17) is 9.47 Å². The van der Waals surface area contributed by atoms with E-state index in [0.717, 1.165) is 22.2 Å². The van der Waals surface area contributed by atoms with Crippen LogP contribution < -0.4 is 14.4 Å². The van der Waals surface area contributed by atoms with Gasteiger partial charge >= 0.3 is 6.01 Å². The van der Waals surface area contributed by atoms with Crippen molar-refractivity contribution in [3.8, 4) is 11.8 Å². The summed E-state index contributed by atoms with van der Waals surface area (Å²) in [7, 11) is 3.13. The van der Waals surface area contributed by atoms with E-state index in [-0.39, 0.29) is 5.91 Å². The van der Waals surface area contributed by atoms with Gasteiger partial charge in [-0.25, -0.2) is 4.98 Å². The zero-order valence-electron chi connectivity index (χ0n) is 13.3. The van der Waals surface area contributed by atoms with Crippen molar-refractivity contribution in [3.63, 3.8) is 0 Å². The molecule has 2 heterocycles. The Hall–Kier alpha value is -3.15. The van der Waals surface area contributed by atoms with Gasteiger partial charge in [0.25, 0.3) is 5.91 Å². The van der Waals surface area contributed by atoms with Crippen LogP contribution in [0.5, 0.6) is 11.8 Å². The molecule has 0 aliphatic carbocycles. The number of carbonyl (C=O) groups excluding carboxylic acids is 1. The fourth-order valence-corrected chi connectivity index (χ4v) is 2.89. The molecule has 1 aliphatic heterocycles. The summed E-state index contributed by atoms with van der Waals surface area (Å²) in [5.74, 6) is 0.653. The summed E-state index contributed by atoms with van der Waals surface area (Å²) in [5.41, 5.74) is 3.26. The third kappa shape index (κ3) is 2.23. The number of carbonyl (C=O) groups is 1. The molecule has 1 aliphatic rings. The summed E-state index contributed by atoms with van der Waals surface area (Å²) < 4.78 is 10.2. The van der Waals surface area contributed by atoms with Crippen LogP contribution in [0.15, 0.2) is 42.6 Å². The second kappa shape index (κ2) is 5.49. The Labute approximate surface area is 138 Å². The minimum atomic E-state index is -0.0299. The summed E-state index contributed by atoms with van der Waals surface area (Å²) in [4.78, 5) is 22.9. The normalized spacial score (nSPS) is 13.2. The number of amides is 1. The van der Waals surface area contributed by atoms with Crippen LogP contribution in [0.25, 0.3) is 10.9 Å². The summed E-state index contributed by atoms with van der Waals surface area (Å²) in [5, 5.41) is 0.856. The van der Waals surface area contributed by atoms with Crippen LogP contribution in [-0.4, -0.2) is 30.1 Å². The average Bonchev–Trinajstić information content (AvgIpc) is 2.97. The molecule has 4 rings (SSSR count). The first-order valence-corrected chi connectivity index (χ1v) is 7.49. The molecule has 120 valence electrons. The van der Waals surface area contributed by atoms with Crippen LogP contribution in [0.2, 0.25) is 0 Å². The number of benzene rings is 2. The van der Waals surface area contributed by atoms with Gasteiger partial charge in [-0.15, -0.1) is 0 Å². The van der Waals surface area contributed by atoms with E-state index in [1.165, 1.54) is 7.11 Å². The number of hydrogen-bond acceptors (Lipinski definition) is 5. The Morgan fingerprint density at radius 1 is 1.08 bits per heavy atom. The minimum Gasteiger partial charge on any atom is -0.497 e. The second-order valence-corrected chi connectivity index (χ2v) is 5.51. The predicted molar refractivity (Wildman–Crippen MR) is 89.6 cm³/mol. The van der Waals surface area contributed by atoms with Gasteiger partial charge in [0.2, 0.25) is 0 Å². The number of ether oxygens (including phenoxy) is 2. The van der Waals surface area contributed by atoms with Crippen molar-refractivity contribution in [1.29, 1.82) is 0 Å². The highest BCUT2D eigenvalue weighted by atomic mass is 16.5. The third-order valence-electron chi connectivity index (χ3n) is 4.16. The van der Waals surface area contributed by atoms with Crippen LogP contribution in [0.3, 0.4) is 0 Å². The maximum absolute atomic E-state index is 12.7. The summed E-state index contributed by atoms with van der Waals surface area (Å²) in [6.07, 6.45) is 1.70. The number of aromatic nitrogens is 2. The lowest BCUT2D eigenvalue weighted by molar-refractivity contribution is 0.0996. The van der Waals surface area contributed by atoms with E-state index >= 15 is 0 Å². The lowest BCUT2D eigenvalue weighted by Gasteiger charge is -2.16. The van der Waals surface area contributed by atoms with Crippen molar-refractivity contribution in [2.75, 3.05) is 19.1 Å². The van der Waals surface area contributed by atoms with Crippen molar-refractivity contribution >= 4 is 22.5 Å². The molecule has 1 aromatic heterocycles. The van der Waals surface area contributed by atoms with Gasteiger partial charge in [-0.1, -0.05) is 6.07 Å². The highest BCUT2D eigenvalue weighted by molar-refractivity contribution is 6.10. The molecule has 0 fully saturated rings. The smallest absolute Gasteiger partial charge is 0.316 e. The minimum absolute atomic E-state index is 0.0299. The molecular weight excluding hydrogens is 306 g/mol. The monoisotopic (exact) mass is 321 g/mol. The number of methoxy groups -OCH3 is 2. The maximum Gasteiger partial charge on any atom is 0.316 e. The number of hydrogen-bond donors (Lipinski definition) is 0. The molecular formula is C18H15N3O3. The van der Waals surface area contributed by atoms with Crippen LogP contribution >= 0.6 is 0 Å². The lowest BCUT2D eigenvalue weighted by atomic mass is 10.1. The molecule has 0 bridgehead atoms. The van der Waals surface area contributed by atoms with Crippen molar-refractivity contribution in [2.45, 2.75) is 6.54 Å². The molecule has 2 aromatic carbocycles. The van der Waals surface area contributed by atoms with Gasteiger partial charge in [0.1, 0.15) is 5.75 Å². The molecule has 1 amide bonds. The van der Waals surface area contributed by atoms with Gasteiger partial charge in [-0.2, -0.15) is 4.98 Å². The van der Waals surface area contributed by atoms with Gasteiger partial charge in [0, 0.05) is 22.8 Å². The molecule has 3 aromatic rings. The number of fused-ring (bicyclic) bond motifs is 2. The molecule has 0 spiro atoms. The molecule has 0 radical (unpaired) electrons.